The van der Waals surface area contributed by atoms with E-state index in [4.69, 9.17) is 5.11 Å². The third-order valence-corrected chi connectivity index (χ3v) is 7.75. The number of halogens is 1. The van der Waals surface area contributed by atoms with Gasteiger partial charge in [0.05, 0.1) is 17.9 Å². The molecule has 1 aromatic heterocycles. The van der Waals surface area contributed by atoms with E-state index in [1.165, 1.54) is 17.8 Å². The summed E-state index contributed by atoms with van der Waals surface area (Å²) in [6, 6.07) is 5.81. The van der Waals surface area contributed by atoms with Crippen LogP contribution in [0.1, 0.15) is 62.7 Å². The zero-order valence-electron chi connectivity index (χ0n) is 20.3. The van der Waals surface area contributed by atoms with Gasteiger partial charge in [0.15, 0.2) is 10.9 Å². The molecular weight excluding hydrogens is 483 g/mol. The van der Waals surface area contributed by atoms with Crippen molar-refractivity contribution < 1.29 is 23.9 Å². The highest BCUT2D eigenvalue weighted by Crippen LogP contribution is 2.40. The zero-order valence-corrected chi connectivity index (χ0v) is 21.1. The van der Waals surface area contributed by atoms with Crippen LogP contribution >= 0.6 is 11.8 Å². The number of aryl methyl sites for hydroxylation is 1. The Hall–Kier alpha value is -2.85. The number of carboxylic acids is 1. The highest BCUT2D eigenvalue weighted by Gasteiger charge is 2.41. The second-order valence-corrected chi connectivity index (χ2v) is 10.8. The van der Waals surface area contributed by atoms with Crippen molar-refractivity contribution in [2.75, 3.05) is 13.1 Å². The topological polar surface area (TPSA) is 105 Å². The number of ketones is 1. The Labute approximate surface area is 213 Å². The van der Waals surface area contributed by atoms with Gasteiger partial charge in [-0.05, 0) is 49.8 Å². The fraction of sp³-hybridized carbons (Fsp3) is 0.500. The molecule has 0 bridgehead atoms. The Bertz CT molecular complexity index is 1150. The molecule has 2 fully saturated rings. The minimum atomic E-state index is -0.826. The molecule has 1 saturated heterocycles. The lowest BCUT2D eigenvalue weighted by Gasteiger charge is -2.38. The Balaban J connectivity index is 1.60. The molecule has 1 aliphatic heterocycles. The smallest absolute Gasteiger partial charge is 0.303 e. The maximum atomic E-state index is 14.8. The number of hydrogen-bond donors (Lipinski definition) is 1. The summed E-state index contributed by atoms with van der Waals surface area (Å²) < 4.78 is 16.6. The number of carboxylic acid groups (broad SMARTS) is 1. The molecule has 1 aromatic carbocycles. The van der Waals surface area contributed by atoms with Gasteiger partial charge in [-0.1, -0.05) is 35.2 Å². The second kappa shape index (κ2) is 11.9. The molecule has 1 saturated carbocycles. The van der Waals surface area contributed by atoms with Gasteiger partial charge in [0.2, 0.25) is 0 Å². The molecule has 1 N–H and O–H groups in total. The predicted octanol–water partition coefficient (Wildman–Crippen LogP) is 4.13. The van der Waals surface area contributed by atoms with Crippen LogP contribution in [0.2, 0.25) is 0 Å². The van der Waals surface area contributed by atoms with E-state index in [0.29, 0.717) is 44.5 Å². The van der Waals surface area contributed by atoms with E-state index in [2.05, 4.69) is 10.3 Å². The molecule has 10 heteroatoms. The molecule has 2 atom stereocenters. The highest BCUT2D eigenvalue weighted by molar-refractivity contribution is 8.14. The number of likely N-dealkylation sites (tertiary alicyclic amines) is 1. The van der Waals surface area contributed by atoms with Crippen LogP contribution in [0.5, 0.6) is 0 Å². The van der Waals surface area contributed by atoms with Crippen LogP contribution in [0.15, 0.2) is 36.0 Å². The third-order valence-electron chi connectivity index (χ3n) is 6.59. The molecule has 2 aliphatic rings. The van der Waals surface area contributed by atoms with Crippen LogP contribution in [0.4, 0.5) is 4.39 Å². The summed E-state index contributed by atoms with van der Waals surface area (Å²) in [5.74, 6) is -1.18. The molecule has 0 radical (unpaired) electrons. The molecule has 4 rings (SSSR count). The molecule has 0 spiro atoms. The number of nitrogens with zero attached hydrogens (tertiary/aromatic N) is 4. The van der Waals surface area contributed by atoms with Gasteiger partial charge >= 0.3 is 5.97 Å². The summed E-state index contributed by atoms with van der Waals surface area (Å²) in [6.45, 7) is 3.07. The molecule has 8 nitrogen and oxygen atoms in total. The van der Waals surface area contributed by atoms with Crippen molar-refractivity contribution in [1.29, 1.82) is 0 Å². The molecule has 192 valence electrons. The molecule has 2 aromatic rings. The maximum Gasteiger partial charge on any atom is 0.303 e. The van der Waals surface area contributed by atoms with Crippen molar-refractivity contribution in [3.63, 3.8) is 0 Å². The highest BCUT2D eigenvalue weighted by atomic mass is 32.2. The van der Waals surface area contributed by atoms with Crippen LogP contribution < -0.4 is 0 Å². The van der Waals surface area contributed by atoms with Crippen molar-refractivity contribution in [2.24, 2.45) is 5.92 Å². The first kappa shape index (κ1) is 26.2. The van der Waals surface area contributed by atoms with E-state index in [9.17, 15) is 18.8 Å². The lowest BCUT2D eigenvalue weighted by atomic mass is 9.93. The molecule has 2 heterocycles. The first-order chi connectivity index (χ1) is 17.3. The van der Waals surface area contributed by atoms with E-state index in [-0.39, 0.29) is 34.3 Å². The largest absolute Gasteiger partial charge is 0.481 e. The molecular formula is C26H31FN4O4S. The number of carbonyl (C=O) groups excluding carboxylic acids is 2. The first-order valence-corrected chi connectivity index (χ1v) is 13.2. The number of carbonyl (C=O) groups is 3. The van der Waals surface area contributed by atoms with Gasteiger partial charge in [0, 0.05) is 49.7 Å². The van der Waals surface area contributed by atoms with Crippen LogP contribution in [0, 0.1) is 11.7 Å². The lowest BCUT2D eigenvalue weighted by Crippen LogP contribution is -2.43. The van der Waals surface area contributed by atoms with Gasteiger partial charge in [-0.25, -0.2) is 9.07 Å². The van der Waals surface area contributed by atoms with Crippen molar-refractivity contribution in [2.45, 2.75) is 63.3 Å². The number of unbranched alkanes of at least 4 members (excludes halogenated alkanes) is 1. The van der Waals surface area contributed by atoms with Gasteiger partial charge < -0.3 is 5.11 Å². The number of hydrogen-bond acceptors (Lipinski definition) is 7. The number of aliphatic carboxylic acids is 1. The second-order valence-electron chi connectivity index (χ2n) is 9.41. The number of benzene rings is 1. The van der Waals surface area contributed by atoms with Gasteiger partial charge in [-0.3, -0.25) is 19.3 Å². The monoisotopic (exact) mass is 514 g/mol. The number of aromatic nitrogens is 3. The van der Waals surface area contributed by atoms with Gasteiger partial charge in [0.1, 0.15) is 5.82 Å². The average molecular weight is 515 g/mol. The SMILES string of the molecule is CC(=O)SC1CCN(C(C(=O)C2CC2)c2ccccc2F)CC1=Cc1cnnn1CCCCC(=O)O. The van der Waals surface area contributed by atoms with Gasteiger partial charge in [0.25, 0.3) is 0 Å². The van der Waals surface area contributed by atoms with E-state index in [0.717, 1.165) is 24.1 Å². The van der Waals surface area contributed by atoms with E-state index < -0.39 is 12.0 Å². The van der Waals surface area contributed by atoms with Crippen molar-refractivity contribution in [1.82, 2.24) is 19.9 Å². The minimum Gasteiger partial charge on any atom is -0.481 e. The lowest BCUT2D eigenvalue weighted by molar-refractivity contribution is -0.137. The van der Waals surface area contributed by atoms with E-state index >= 15 is 0 Å². The minimum absolute atomic E-state index is 0.0133. The summed E-state index contributed by atoms with van der Waals surface area (Å²) in [7, 11) is 0. The van der Waals surface area contributed by atoms with Crippen LogP contribution in [-0.2, 0) is 20.9 Å². The summed E-state index contributed by atoms with van der Waals surface area (Å²) in [6.07, 6.45) is 7.23. The molecule has 36 heavy (non-hydrogen) atoms. The first-order valence-electron chi connectivity index (χ1n) is 12.3. The predicted molar refractivity (Wildman–Crippen MR) is 135 cm³/mol. The Morgan fingerprint density at radius 3 is 2.69 bits per heavy atom. The Kier molecular flexibility index (Phi) is 8.68. The van der Waals surface area contributed by atoms with Gasteiger partial charge in [-0.2, -0.15) is 0 Å². The van der Waals surface area contributed by atoms with Crippen molar-refractivity contribution >= 4 is 34.7 Å². The number of thioether (sulfide) groups is 1. The summed E-state index contributed by atoms with van der Waals surface area (Å²) in [5.41, 5.74) is 2.12. The maximum absolute atomic E-state index is 14.8. The quantitative estimate of drug-likeness (QED) is 0.446. The van der Waals surface area contributed by atoms with E-state index in [1.54, 1.807) is 36.0 Å². The average Bonchev–Trinajstić information content (AvgIpc) is 3.60. The molecule has 1 aliphatic carbocycles. The summed E-state index contributed by atoms with van der Waals surface area (Å²) >= 11 is 1.27. The summed E-state index contributed by atoms with van der Waals surface area (Å²) in [5, 5.41) is 17.0. The van der Waals surface area contributed by atoms with Crippen LogP contribution in [0.25, 0.3) is 6.08 Å². The fourth-order valence-electron chi connectivity index (χ4n) is 4.67. The zero-order chi connectivity index (χ0) is 25.7. The van der Waals surface area contributed by atoms with Crippen molar-refractivity contribution in [3.8, 4) is 0 Å². The Morgan fingerprint density at radius 1 is 1.22 bits per heavy atom. The third kappa shape index (κ3) is 6.67. The standard InChI is InChI=1S/C26H31FN4O4S/c1-17(32)36-23-11-13-30(25(26(35)18-9-10-18)21-6-2-3-7-22(21)27)16-19(23)14-20-15-28-29-31(20)12-5-4-8-24(33)34/h2-3,6-7,14-15,18,23,25H,4-5,8-13,16H2,1H3,(H,33,34). The van der Waals surface area contributed by atoms with Gasteiger partial charge in [-0.15, -0.1) is 5.10 Å². The molecule has 2 unspecified atom stereocenters. The number of piperidine rings is 1. The summed E-state index contributed by atoms with van der Waals surface area (Å²) in [4.78, 5) is 38.1. The fourth-order valence-corrected chi connectivity index (χ4v) is 5.59. The molecule has 0 amide bonds. The Morgan fingerprint density at radius 2 is 2.00 bits per heavy atom. The van der Waals surface area contributed by atoms with Crippen LogP contribution in [-0.4, -0.2) is 60.2 Å². The number of rotatable bonds is 11. The normalized spacial score (nSPS) is 20.4. The van der Waals surface area contributed by atoms with E-state index in [1.807, 2.05) is 11.0 Å². The van der Waals surface area contributed by atoms with Crippen molar-refractivity contribution in [3.05, 3.63) is 53.1 Å². The van der Waals surface area contributed by atoms with Crippen LogP contribution in [0.3, 0.4) is 0 Å². The number of Topliss-reactive ketones (excluding diaryl/α,β-unsaturated/α-hetero) is 1.